The number of H-pyrrole nitrogens is 1. The highest BCUT2D eigenvalue weighted by molar-refractivity contribution is 5.91. The first-order valence-electron chi connectivity index (χ1n) is 11.6. The number of aromatic nitrogens is 4. The molecule has 1 saturated heterocycles. The molecule has 0 aliphatic carbocycles. The normalized spacial score (nSPS) is 20.6. The van der Waals surface area contributed by atoms with Gasteiger partial charge >= 0.3 is 11.9 Å². The summed E-state index contributed by atoms with van der Waals surface area (Å²) in [5, 5.41) is 6.25. The quantitative estimate of drug-likeness (QED) is 0.191. The number of hydrogen-bond donors (Lipinski definition) is 2. The van der Waals surface area contributed by atoms with Crippen molar-refractivity contribution >= 4 is 35.0 Å². The fraction of sp³-hybridized carbons (Fsp3) is 0.391. The molecule has 4 atom stereocenters. The van der Waals surface area contributed by atoms with Crippen LogP contribution < -0.4 is 10.9 Å². The molecule has 0 spiro atoms. The molecule has 1 aliphatic heterocycles. The largest absolute Gasteiger partial charge is 0.459 e. The maximum atomic E-state index is 12.6. The molecule has 15 heteroatoms. The zero-order valence-electron chi connectivity index (χ0n) is 20.6. The van der Waals surface area contributed by atoms with Crippen molar-refractivity contribution in [1.82, 2.24) is 19.5 Å². The standard InChI is InChI=1S/C23H24N8O7/c1-11(2)19(33)27-23-26-18-16(20(34)28-23)25-10-31(18)21-17(37-12(3)32)15(29-30-24)14(38-21)9-36-22(35)13-7-5-4-6-8-13/h4-8,10-11,14-15,17,21H,9H2,1-3H3,(H2,26,27,28,33,34)/t14-,15+,17-,21-/m1/s1. The summed E-state index contributed by atoms with van der Waals surface area (Å²) in [5.41, 5.74) is 8.79. The van der Waals surface area contributed by atoms with E-state index in [0.29, 0.717) is 5.56 Å². The van der Waals surface area contributed by atoms with Crippen LogP contribution in [0.25, 0.3) is 21.6 Å². The third-order valence-corrected chi connectivity index (χ3v) is 5.66. The van der Waals surface area contributed by atoms with Gasteiger partial charge in [0.15, 0.2) is 23.5 Å². The van der Waals surface area contributed by atoms with Crippen molar-refractivity contribution in [1.29, 1.82) is 0 Å². The van der Waals surface area contributed by atoms with Crippen LogP contribution in [0.15, 0.2) is 46.6 Å². The highest BCUT2D eigenvalue weighted by Crippen LogP contribution is 2.35. The molecule has 1 fully saturated rings. The minimum absolute atomic E-state index is 0.0107. The molecule has 1 aliphatic rings. The number of aromatic amines is 1. The van der Waals surface area contributed by atoms with Crippen molar-refractivity contribution in [3.8, 4) is 0 Å². The summed E-state index contributed by atoms with van der Waals surface area (Å²) in [5.74, 6) is -2.20. The topological polar surface area (TPSA) is 203 Å². The van der Waals surface area contributed by atoms with Crippen LogP contribution in [0.3, 0.4) is 0 Å². The molecule has 198 valence electrons. The molecule has 2 aromatic heterocycles. The van der Waals surface area contributed by atoms with Crippen LogP contribution in [0.5, 0.6) is 0 Å². The van der Waals surface area contributed by atoms with Crippen molar-refractivity contribution < 1.29 is 28.6 Å². The van der Waals surface area contributed by atoms with Gasteiger partial charge in [-0.3, -0.25) is 29.3 Å². The van der Waals surface area contributed by atoms with Gasteiger partial charge in [0.25, 0.3) is 5.56 Å². The van der Waals surface area contributed by atoms with Gasteiger partial charge in [-0.2, -0.15) is 4.98 Å². The smallest absolute Gasteiger partial charge is 0.338 e. The first-order chi connectivity index (χ1) is 18.2. The van der Waals surface area contributed by atoms with Gasteiger partial charge < -0.3 is 14.2 Å². The Morgan fingerprint density at radius 3 is 2.68 bits per heavy atom. The molecule has 1 amide bonds. The van der Waals surface area contributed by atoms with Gasteiger partial charge in [0.1, 0.15) is 18.8 Å². The van der Waals surface area contributed by atoms with Crippen molar-refractivity contribution in [3.05, 3.63) is 63.0 Å². The summed E-state index contributed by atoms with van der Waals surface area (Å²) in [6.45, 7) is 4.18. The summed E-state index contributed by atoms with van der Waals surface area (Å²) >= 11 is 0. The Labute approximate surface area is 214 Å². The number of anilines is 1. The third kappa shape index (κ3) is 5.48. The SMILES string of the molecule is CC(=O)O[C@@H]1[C@@H](N=[N+]=[N-])[C@@H](COC(=O)c2ccccc2)O[C@H]1n1cnc2c(=O)[nH]c(NC(=O)C(C)C)nc21. The number of benzene rings is 1. The minimum Gasteiger partial charge on any atom is -0.459 e. The van der Waals surface area contributed by atoms with Gasteiger partial charge in [-0.1, -0.05) is 37.2 Å². The lowest BCUT2D eigenvalue weighted by Gasteiger charge is -2.21. The van der Waals surface area contributed by atoms with Gasteiger partial charge in [-0.25, -0.2) is 9.78 Å². The summed E-state index contributed by atoms with van der Waals surface area (Å²) in [4.78, 5) is 62.8. The number of azide groups is 1. The lowest BCUT2D eigenvalue weighted by Crippen LogP contribution is -2.36. The number of rotatable bonds is 8. The first-order valence-corrected chi connectivity index (χ1v) is 11.6. The molecule has 0 unspecified atom stereocenters. The predicted molar refractivity (Wildman–Crippen MR) is 131 cm³/mol. The molecule has 4 rings (SSSR count). The molecular weight excluding hydrogens is 500 g/mol. The van der Waals surface area contributed by atoms with E-state index in [9.17, 15) is 24.7 Å². The lowest BCUT2D eigenvalue weighted by atomic mass is 10.1. The summed E-state index contributed by atoms with van der Waals surface area (Å²) in [6.07, 6.45) is -2.13. The van der Waals surface area contributed by atoms with E-state index in [1.54, 1.807) is 44.2 Å². The monoisotopic (exact) mass is 524 g/mol. The van der Waals surface area contributed by atoms with Crippen LogP contribution in [0.4, 0.5) is 5.95 Å². The molecule has 0 bridgehead atoms. The van der Waals surface area contributed by atoms with Gasteiger partial charge in [0.05, 0.1) is 11.9 Å². The third-order valence-electron chi connectivity index (χ3n) is 5.66. The van der Waals surface area contributed by atoms with Crippen LogP contribution in [0.1, 0.15) is 37.4 Å². The lowest BCUT2D eigenvalue weighted by molar-refractivity contribution is -0.152. The van der Waals surface area contributed by atoms with Crippen molar-refractivity contribution in [3.63, 3.8) is 0 Å². The van der Waals surface area contributed by atoms with Crippen LogP contribution >= 0.6 is 0 Å². The maximum Gasteiger partial charge on any atom is 0.338 e. The predicted octanol–water partition coefficient (Wildman–Crippen LogP) is 2.08. The summed E-state index contributed by atoms with van der Waals surface area (Å²) in [6, 6.07) is 7.14. The second kappa shape index (κ2) is 11.1. The zero-order valence-corrected chi connectivity index (χ0v) is 20.6. The molecule has 15 nitrogen and oxygen atoms in total. The molecule has 38 heavy (non-hydrogen) atoms. The average Bonchev–Trinajstić information content (AvgIpc) is 3.44. The van der Waals surface area contributed by atoms with Crippen LogP contribution in [0.2, 0.25) is 0 Å². The van der Waals surface area contributed by atoms with Gasteiger partial charge in [0, 0.05) is 17.8 Å². The average molecular weight is 524 g/mol. The Kier molecular flexibility index (Phi) is 7.69. The highest BCUT2D eigenvalue weighted by Gasteiger charge is 2.48. The Hall–Kier alpha value is -4.75. The maximum absolute atomic E-state index is 12.6. The number of carbonyl (C=O) groups excluding carboxylic acids is 3. The van der Waals surface area contributed by atoms with Gasteiger partial charge in [-0.15, -0.1) is 0 Å². The summed E-state index contributed by atoms with van der Waals surface area (Å²) in [7, 11) is 0. The van der Waals surface area contributed by atoms with Crippen molar-refractivity contribution in [2.45, 2.75) is 45.2 Å². The number of hydrogen-bond acceptors (Lipinski definition) is 10. The van der Waals surface area contributed by atoms with E-state index in [0.717, 1.165) is 0 Å². The molecule has 3 heterocycles. The molecule has 3 aromatic rings. The fourth-order valence-electron chi connectivity index (χ4n) is 3.85. The first kappa shape index (κ1) is 26.3. The van der Waals surface area contributed by atoms with Crippen molar-refractivity contribution in [2.24, 2.45) is 11.0 Å². The Bertz CT molecular complexity index is 1460. The number of nitrogens with zero attached hydrogens (tertiary/aromatic N) is 6. The van der Waals surface area contributed by atoms with E-state index in [4.69, 9.17) is 14.2 Å². The molecule has 1 aromatic carbocycles. The van der Waals surface area contributed by atoms with Crippen LogP contribution in [-0.2, 0) is 23.8 Å². The van der Waals surface area contributed by atoms with Crippen molar-refractivity contribution in [2.75, 3.05) is 11.9 Å². The number of ether oxygens (including phenoxy) is 3. The van der Waals surface area contributed by atoms with Gasteiger partial charge in [0.2, 0.25) is 11.9 Å². The Morgan fingerprint density at radius 1 is 1.29 bits per heavy atom. The number of imidazole rings is 1. The Morgan fingerprint density at radius 2 is 2.03 bits per heavy atom. The van der Waals surface area contributed by atoms with Gasteiger partial charge in [-0.05, 0) is 17.7 Å². The molecule has 0 radical (unpaired) electrons. The van der Waals surface area contributed by atoms with E-state index >= 15 is 0 Å². The molecule has 2 N–H and O–H groups in total. The number of esters is 2. The highest BCUT2D eigenvalue weighted by atomic mass is 16.6. The molecular formula is C23H24N8O7. The van der Waals surface area contributed by atoms with E-state index in [2.05, 4.69) is 30.3 Å². The van der Waals surface area contributed by atoms with E-state index in [1.165, 1.54) is 17.8 Å². The zero-order chi connectivity index (χ0) is 27.4. The number of nitrogens with one attached hydrogen (secondary N) is 2. The molecule has 0 saturated carbocycles. The van der Waals surface area contributed by atoms with Crippen LogP contribution in [-0.4, -0.2) is 62.2 Å². The number of amides is 1. The fourth-order valence-corrected chi connectivity index (χ4v) is 3.85. The second-order valence-electron chi connectivity index (χ2n) is 8.68. The summed E-state index contributed by atoms with van der Waals surface area (Å²) < 4.78 is 18.2. The second-order valence-corrected chi connectivity index (χ2v) is 8.68. The van der Waals surface area contributed by atoms with E-state index in [1.807, 2.05) is 0 Å². The van der Waals surface area contributed by atoms with Crippen LogP contribution in [0, 0.1) is 5.92 Å². The van der Waals surface area contributed by atoms with E-state index in [-0.39, 0.29) is 35.5 Å². The Balaban J connectivity index is 1.68. The number of fused-ring (bicyclic) bond motifs is 1. The minimum atomic E-state index is -1.18. The van der Waals surface area contributed by atoms with E-state index < -0.39 is 42.0 Å². The number of carbonyl (C=O) groups is 3.